The molecule has 0 unspecified atom stereocenters. The van der Waals surface area contributed by atoms with E-state index in [4.69, 9.17) is 9.84 Å². The highest BCUT2D eigenvalue weighted by Crippen LogP contribution is 2.29. The van der Waals surface area contributed by atoms with Gasteiger partial charge in [0.25, 0.3) is 11.8 Å². The van der Waals surface area contributed by atoms with Crippen molar-refractivity contribution < 1.29 is 24.2 Å². The number of anilines is 1. The highest BCUT2D eigenvalue weighted by Gasteiger charge is 2.23. The first-order valence-corrected chi connectivity index (χ1v) is 6.48. The molecule has 0 aliphatic carbocycles. The van der Waals surface area contributed by atoms with Gasteiger partial charge < -0.3 is 20.1 Å². The van der Waals surface area contributed by atoms with Gasteiger partial charge in [-0.2, -0.15) is 0 Å². The van der Waals surface area contributed by atoms with E-state index in [1.165, 1.54) is 11.0 Å². The summed E-state index contributed by atoms with van der Waals surface area (Å²) in [5.41, 5.74) is 0.714. The Morgan fingerprint density at radius 1 is 1.43 bits per heavy atom. The Balaban J connectivity index is 2.28. The van der Waals surface area contributed by atoms with Crippen LogP contribution in [-0.4, -0.2) is 47.0 Å². The summed E-state index contributed by atoms with van der Waals surface area (Å²) in [5.74, 6) is -1.29. The Bertz CT molecular complexity index is 597. The standard InChI is InChI=1S/C14H16N2O5/c1-8(2)16(6-13(18)19)14(20)9-3-4-11-10(5-9)15-12(17)7-21-11/h3-5,8H,6-7H2,1-2H3,(H,15,17)(H,18,19). The number of benzene rings is 1. The van der Waals surface area contributed by atoms with Gasteiger partial charge in [-0.05, 0) is 32.0 Å². The third-order valence-corrected chi connectivity index (χ3v) is 3.05. The van der Waals surface area contributed by atoms with Gasteiger partial charge in [-0.25, -0.2) is 0 Å². The molecule has 0 atom stereocenters. The normalized spacial score (nSPS) is 13.2. The van der Waals surface area contributed by atoms with Crippen LogP contribution in [0.3, 0.4) is 0 Å². The van der Waals surface area contributed by atoms with Crippen LogP contribution in [-0.2, 0) is 9.59 Å². The van der Waals surface area contributed by atoms with Crippen molar-refractivity contribution in [1.29, 1.82) is 0 Å². The summed E-state index contributed by atoms with van der Waals surface area (Å²) in [6.45, 7) is 3.04. The Morgan fingerprint density at radius 2 is 2.14 bits per heavy atom. The number of hydrogen-bond donors (Lipinski definition) is 2. The van der Waals surface area contributed by atoms with Gasteiger partial charge >= 0.3 is 5.97 Å². The molecule has 7 heteroatoms. The molecule has 0 saturated carbocycles. The lowest BCUT2D eigenvalue weighted by Gasteiger charge is -2.26. The smallest absolute Gasteiger partial charge is 0.323 e. The Labute approximate surface area is 121 Å². The van der Waals surface area contributed by atoms with Crippen molar-refractivity contribution in [3.8, 4) is 5.75 Å². The number of carboxylic acid groups (broad SMARTS) is 1. The fourth-order valence-electron chi connectivity index (χ4n) is 2.02. The SMILES string of the molecule is CC(C)N(CC(=O)O)C(=O)c1ccc2c(c1)NC(=O)CO2. The van der Waals surface area contributed by atoms with E-state index >= 15 is 0 Å². The van der Waals surface area contributed by atoms with E-state index < -0.39 is 11.9 Å². The largest absolute Gasteiger partial charge is 0.482 e. The summed E-state index contributed by atoms with van der Waals surface area (Å²) >= 11 is 0. The van der Waals surface area contributed by atoms with E-state index in [1.54, 1.807) is 26.0 Å². The molecule has 1 aliphatic heterocycles. The number of carbonyl (C=O) groups is 3. The second-order valence-corrected chi connectivity index (χ2v) is 4.97. The zero-order chi connectivity index (χ0) is 15.6. The van der Waals surface area contributed by atoms with Crippen molar-refractivity contribution in [3.05, 3.63) is 23.8 Å². The molecule has 1 aliphatic rings. The van der Waals surface area contributed by atoms with Crippen molar-refractivity contribution >= 4 is 23.5 Å². The average molecular weight is 292 g/mol. The number of fused-ring (bicyclic) bond motifs is 1. The first kappa shape index (κ1) is 14.8. The molecule has 0 spiro atoms. The van der Waals surface area contributed by atoms with Crippen LogP contribution in [0.4, 0.5) is 5.69 Å². The number of nitrogens with zero attached hydrogens (tertiary/aromatic N) is 1. The van der Waals surface area contributed by atoms with Crippen molar-refractivity contribution in [2.24, 2.45) is 0 Å². The molecule has 0 saturated heterocycles. The molecule has 2 N–H and O–H groups in total. The van der Waals surface area contributed by atoms with Gasteiger partial charge in [-0.15, -0.1) is 0 Å². The predicted octanol–water partition coefficient (Wildman–Crippen LogP) is 0.953. The summed E-state index contributed by atoms with van der Waals surface area (Å²) in [4.78, 5) is 35.8. The fraction of sp³-hybridized carbons (Fsp3) is 0.357. The minimum atomic E-state index is -1.08. The highest BCUT2D eigenvalue weighted by molar-refractivity contribution is 6.00. The molecule has 112 valence electrons. The molecule has 1 aromatic carbocycles. The van der Waals surface area contributed by atoms with Gasteiger partial charge in [-0.3, -0.25) is 14.4 Å². The van der Waals surface area contributed by atoms with Gasteiger partial charge in [-0.1, -0.05) is 0 Å². The molecular formula is C14H16N2O5. The predicted molar refractivity (Wildman–Crippen MR) is 74.4 cm³/mol. The monoisotopic (exact) mass is 292 g/mol. The van der Waals surface area contributed by atoms with Crippen molar-refractivity contribution in [2.75, 3.05) is 18.5 Å². The number of rotatable bonds is 4. The number of carboxylic acids is 1. The highest BCUT2D eigenvalue weighted by atomic mass is 16.5. The van der Waals surface area contributed by atoms with Crippen LogP contribution in [0.15, 0.2) is 18.2 Å². The summed E-state index contributed by atoms with van der Waals surface area (Å²) in [6, 6.07) is 4.37. The van der Waals surface area contributed by atoms with Crippen LogP contribution in [0.25, 0.3) is 0 Å². The molecule has 0 radical (unpaired) electrons. The number of ether oxygens (including phenoxy) is 1. The quantitative estimate of drug-likeness (QED) is 0.861. The van der Waals surface area contributed by atoms with E-state index in [9.17, 15) is 14.4 Å². The average Bonchev–Trinajstić information content (AvgIpc) is 2.42. The first-order chi connectivity index (χ1) is 9.88. The van der Waals surface area contributed by atoms with E-state index in [1.807, 2.05) is 0 Å². The van der Waals surface area contributed by atoms with Gasteiger partial charge in [0.05, 0.1) is 5.69 Å². The summed E-state index contributed by atoms with van der Waals surface area (Å²) < 4.78 is 5.21. The lowest BCUT2D eigenvalue weighted by molar-refractivity contribution is -0.138. The molecule has 7 nitrogen and oxygen atoms in total. The second-order valence-electron chi connectivity index (χ2n) is 4.97. The minimum absolute atomic E-state index is 0.0581. The number of amides is 2. The first-order valence-electron chi connectivity index (χ1n) is 6.48. The molecule has 1 aromatic rings. The maximum absolute atomic E-state index is 12.4. The molecule has 2 amide bonds. The summed E-state index contributed by atoms with van der Waals surface area (Å²) in [7, 11) is 0. The van der Waals surface area contributed by atoms with Crippen molar-refractivity contribution in [1.82, 2.24) is 4.90 Å². The van der Waals surface area contributed by atoms with E-state index in [0.717, 1.165) is 0 Å². The van der Waals surface area contributed by atoms with Gasteiger partial charge in [0.1, 0.15) is 12.3 Å². The zero-order valence-electron chi connectivity index (χ0n) is 11.8. The number of carbonyl (C=O) groups excluding carboxylic acids is 2. The van der Waals surface area contributed by atoms with Crippen molar-refractivity contribution in [2.45, 2.75) is 19.9 Å². The van der Waals surface area contributed by atoms with Crippen LogP contribution >= 0.6 is 0 Å². The van der Waals surface area contributed by atoms with Crippen LogP contribution in [0, 0.1) is 0 Å². The minimum Gasteiger partial charge on any atom is -0.482 e. The third-order valence-electron chi connectivity index (χ3n) is 3.05. The number of nitrogens with one attached hydrogen (secondary N) is 1. The van der Waals surface area contributed by atoms with E-state index in [-0.39, 0.29) is 25.1 Å². The Hall–Kier alpha value is -2.57. The second kappa shape index (κ2) is 5.82. The molecule has 21 heavy (non-hydrogen) atoms. The lowest BCUT2D eigenvalue weighted by Crippen LogP contribution is -2.40. The topological polar surface area (TPSA) is 95.9 Å². The molecule has 2 rings (SSSR count). The number of aliphatic carboxylic acids is 1. The summed E-state index contributed by atoms with van der Waals surface area (Å²) in [5, 5.41) is 11.5. The van der Waals surface area contributed by atoms with Crippen molar-refractivity contribution in [3.63, 3.8) is 0 Å². The van der Waals surface area contributed by atoms with Crippen LogP contribution < -0.4 is 10.1 Å². The third kappa shape index (κ3) is 3.31. The summed E-state index contributed by atoms with van der Waals surface area (Å²) in [6.07, 6.45) is 0. The van der Waals surface area contributed by atoms with Crippen LogP contribution in [0.2, 0.25) is 0 Å². The molecule has 0 aromatic heterocycles. The molecule has 0 bridgehead atoms. The van der Waals surface area contributed by atoms with E-state index in [2.05, 4.69) is 5.32 Å². The Kier molecular flexibility index (Phi) is 4.11. The molecule has 0 fully saturated rings. The van der Waals surface area contributed by atoms with Gasteiger partial charge in [0.2, 0.25) is 0 Å². The Morgan fingerprint density at radius 3 is 2.76 bits per heavy atom. The molecular weight excluding hydrogens is 276 g/mol. The molecule has 1 heterocycles. The van der Waals surface area contributed by atoms with Crippen LogP contribution in [0.1, 0.15) is 24.2 Å². The lowest BCUT2D eigenvalue weighted by atomic mass is 10.1. The van der Waals surface area contributed by atoms with Gasteiger partial charge in [0, 0.05) is 11.6 Å². The van der Waals surface area contributed by atoms with Gasteiger partial charge in [0.15, 0.2) is 6.61 Å². The number of hydrogen-bond acceptors (Lipinski definition) is 4. The van der Waals surface area contributed by atoms with E-state index in [0.29, 0.717) is 17.0 Å². The maximum atomic E-state index is 12.4. The zero-order valence-corrected chi connectivity index (χ0v) is 11.8. The maximum Gasteiger partial charge on any atom is 0.323 e. The fourth-order valence-corrected chi connectivity index (χ4v) is 2.02. The van der Waals surface area contributed by atoms with Crippen LogP contribution in [0.5, 0.6) is 5.75 Å².